The van der Waals surface area contributed by atoms with Crippen molar-refractivity contribution in [2.45, 2.75) is 70.6 Å². The van der Waals surface area contributed by atoms with Gasteiger partial charge in [0.15, 0.2) is 6.17 Å². The van der Waals surface area contributed by atoms with Gasteiger partial charge in [0, 0.05) is 25.4 Å². The molecule has 2 heterocycles. The first-order valence-corrected chi connectivity index (χ1v) is 13.5. The third-order valence-electron chi connectivity index (χ3n) is 6.70. The lowest BCUT2D eigenvalue weighted by atomic mass is 10.0. The number of hydrogen-bond donors (Lipinski definition) is 4. The summed E-state index contributed by atoms with van der Waals surface area (Å²) in [5, 5.41) is 7.62. The van der Waals surface area contributed by atoms with E-state index in [1.807, 2.05) is 30.3 Å². The lowest BCUT2D eigenvalue weighted by molar-refractivity contribution is -0.143. The minimum atomic E-state index is -1.48. The van der Waals surface area contributed by atoms with Gasteiger partial charge < -0.3 is 36.1 Å². The predicted molar refractivity (Wildman–Crippen MR) is 148 cm³/mol. The van der Waals surface area contributed by atoms with Crippen molar-refractivity contribution in [3.05, 3.63) is 60.2 Å². The zero-order chi connectivity index (χ0) is 29.9. The van der Waals surface area contributed by atoms with Crippen LogP contribution in [0.25, 0.3) is 0 Å². The van der Waals surface area contributed by atoms with Crippen molar-refractivity contribution in [2.24, 2.45) is 11.7 Å². The molecule has 1 aliphatic heterocycles. The monoisotopic (exact) mass is 567 g/mol. The van der Waals surface area contributed by atoms with Crippen molar-refractivity contribution < 1.29 is 28.7 Å². The largest absolute Gasteiger partial charge is 0.372 e. The Hall–Kier alpha value is -4.23. The number of aromatic nitrogens is 2. The maximum Gasteiger partial charge on any atom is 0.273 e. The van der Waals surface area contributed by atoms with Gasteiger partial charge in [0.2, 0.25) is 11.8 Å². The van der Waals surface area contributed by atoms with E-state index in [0.29, 0.717) is 19.3 Å². The van der Waals surface area contributed by atoms with Gasteiger partial charge in [-0.05, 0) is 17.9 Å². The molecular weight excluding hydrogens is 530 g/mol. The third kappa shape index (κ3) is 8.63. The Morgan fingerprint density at radius 3 is 2.46 bits per heavy atom. The molecule has 0 bridgehead atoms. The third-order valence-corrected chi connectivity index (χ3v) is 6.70. The Bertz CT molecular complexity index is 1200. The lowest BCUT2D eigenvalue weighted by Crippen LogP contribution is -2.60. The molecule has 5 atom stereocenters. The second kappa shape index (κ2) is 15.0. The number of nitrogens with two attached hydrogens (primary N) is 1. The molecule has 13 nitrogen and oxygen atoms in total. The number of benzene rings is 1. The van der Waals surface area contributed by atoms with Gasteiger partial charge in [-0.15, -0.1) is 0 Å². The number of rotatable bonds is 13. The van der Waals surface area contributed by atoms with Crippen molar-refractivity contribution in [1.82, 2.24) is 30.8 Å². The maximum atomic E-state index is 13.8. The summed E-state index contributed by atoms with van der Waals surface area (Å²) in [6, 6.07) is 6.83. The molecule has 41 heavy (non-hydrogen) atoms. The van der Waals surface area contributed by atoms with Crippen LogP contribution in [0.3, 0.4) is 0 Å². The van der Waals surface area contributed by atoms with E-state index in [9.17, 15) is 24.0 Å². The number of carbonyl (C=O) groups excluding carboxylic acids is 5. The molecule has 3 rings (SSSR count). The molecule has 1 saturated heterocycles. The van der Waals surface area contributed by atoms with Crippen molar-refractivity contribution in [1.29, 1.82) is 0 Å². The molecule has 4 amide bonds. The summed E-state index contributed by atoms with van der Waals surface area (Å²) in [6.45, 7) is 5.63. The smallest absolute Gasteiger partial charge is 0.273 e. The minimum absolute atomic E-state index is 0.0274. The predicted octanol–water partition coefficient (Wildman–Crippen LogP) is -0.0880. The average Bonchev–Trinajstić information content (AvgIpc) is 3.42. The van der Waals surface area contributed by atoms with Crippen LogP contribution in [0.5, 0.6) is 0 Å². The fourth-order valence-electron chi connectivity index (χ4n) is 4.34. The molecule has 5 N–H and O–H groups in total. The number of carbonyl (C=O) groups is 5. The molecule has 1 aromatic heterocycles. The van der Waals surface area contributed by atoms with E-state index in [4.69, 9.17) is 10.5 Å². The van der Waals surface area contributed by atoms with Crippen LogP contribution in [0.1, 0.15) is 49.7 Å². The first kappa shape index (κ1) is 31.3. The molecule has 13 heteroatoms. The molecule has 0 saturated carbocycles. The van der Waals surface area contributed by atoms with Gasteiger partial charge in [-0.2, -0.15) is 0 Å². The Morgan fingerprint density at radius 1 is 1.12 bits per heavy atom. The second-order valence-corrected chi connectivity index (χ2v) is 10.1. The molecule has 1 aliphatic rings. The number of hydrogen-bond acceptors (Lipinski definition) is 9. The van der Waals surface area contributed by atoms with E-state index in [1.165, 1.54) is 23.5 Å². The van der Waals surface area contributed by atoms with Gasteiger partial charge in [-0.1, -0.05) is 51.1 Å². The van der Waals surface area contributed by atoms with Crippen molar-refractivity contribution in [3.8, 4) is 0 Å². The summed E-state index contributed by atoms with van der Waals surface area (Å²) in [5.41, 5.74) is 6.81. The van der Waals surface area contributed by atoms with E-state index in [2.05, 4.69) is 25.9 Å². The summed E-state index contributed by atoms with van der Waals surface area (Å²) in [4.78, 5) is 72.7. The van der Waals surface area contributed by atoms with Crippen LogP contribution in [0, 0.1) is 5.92 Å². The number of nitrogens with zero attached hydrogens (tertiary/aromatic N) is 3. The standard InChI is InChI=1S/C28H37N7O6/c1-4-19(15-36)32-26(38)22-12-20(41-16-18-8-6-5-7-9-18)14-35(22)28(40)23(17(2)3)33-27(39)24(29)34-25(37)21-13-30-10-11-31-21/h5-11,13,15,17,19-20,22-24H,4,12,14,16,29H2,1-3H3,(H,32,38)(H,33,39)(H,34,37). The highest BCUT2D eigenvalue weighted by molar-refractivity contribution is 5.97. The zero-order valence-electron chi connectivity index (χ0n) is 23.4. The Balaban J connectivity index is 1.73. The van der Waals surface area contributed by atoms with E-state index < -0.39 is 54.0 Å². The van der Waals surface area contributed by atoms with Gasteiger partial charge in [0.05, 0.1) is 24.9 Å². The highest BCUT2D eigenvalue weighted by Gasteiger charge is 2.43. The lowest BCUT2D eigenvalue weighted by Gasteiger charge is -2.31. The summed E-state index contributed by atoms with van der Waals surface area (Å²) in [7, 11) is 0. The van der Waals surface area contributed by atoms with Gasteiger partial charge >= 0.3 is 0 Å². The SMILES string of the molecule is CCC(C=O)NC(=O)C1CC(OCc2ccccc2)CN1C(=O)C(NC(=O)C(N)NC(=O)c1cnccn1)C(C)C. The molecule has 0 radical (unpaired) electrons. The molecule has 5 unspecified atom stereocenters. The van der Waals surface area contributed by atoms with Crippen LogP contribution in [0.2, 0.25) is 0 Å². The number of aldehydes is 1. The topological polar surface area (TPSA) is 186 Å². The van der Waals surface area contributed by atoms with Crippen molar-refractivity contribution in [2.75, 3.05) is 6.54 Å². The first-order chi connectivity index (χ1) is 19.6. The van der Waals surface area contributed by atoms with E-state index in [0.717, 1.165) is 5.56 Å². The molecule has 0 aliphatic carbocycles. The van der Waals surface area contributed by atoms with Gasteiger partial charge in [0.1, 0.15) is 24.1 Å². The molecule has 0 spiro atoms. The Morgan fingerprint density at radius 2 is 1.85 bits per heavy atom. The zero-order valence-corrected chi connectivity index (χ0v) is 23.4. The number of nitrogens with one attached hydrogen (secondary N) is 3. The number of likely N-dealkylation sites (tertiary alicyclic amines) is 1. The minimum Gasteiger partial charge on any atom is -0.372 e. The number of ether oxygens (including phenoxy) is 1. The van der Waals surface area contributed by atoms with Gasteiger partial charge in [-0.3, -0.25) is 24.2 Å². The van der Waals surface area contributed by atoms with E-state index >= 15 is 0 Å². The molecule has 2 aromatic rings. The fourth-order valence-corrected chi connectivity index (χ4v) is 4.34. The maximum absolute atomic E-state index is 13.8. The van der Waals surface area contributed by atoms with Crippen LogP contribution < -0.4 is 21.7 Å². The summed E-state index contributed by atoms with van der Waals surface area (Å²) in [5.74, 6) is -2.88. The van der Waals surface area contributed by atoms with Crippen LogP contribution in [-0.2, 0) is 30.5 Å². The average molecular weight is 568 g/mol. The summed E-state index contributed by atoms with van der Waals surface area (Å²) < 4.78 is 6.04. The summed E-state index contributed by atoms with van der Waals surface area (Å²) in [6.07, 6.45) is 3.27. The van der Waals surface area contributed by atoms with E-state index in [1.54, 1.807) is 20.8 Å². The highest BCUT2D eigenvalue weighted by Crippen LogP contribution is 2.24. The number of amides is 4. The van der Waals surface area contributed by atoms with Crippen LogP contribution in [0.4, 0.5) is 0 Å². The van der Waals surface area contributed by atoms with E-state index in [-0.39, 0.29) is 24.6 Å². The van der Waals surface area contributed by atoms with Crippen molar-refractivity contribution in [3.63, 3.8) is 0 Å². The van der Waals surface area contributed by atoms with Crippen LogP contribution in [-0.4, -0.2) is 81.7 Å². The molecular formula is C28H37N7O6. The Kier molecular flexibility index (Phi) is 11.4. The fraction of sp³-hybridized carbons (Fsp3) is 0.464. The molecule has 220 valence electrons. The highest BCUT2D eigenvalue weighted by atomic mass is 16.5. The first-order valence-electron chi connectivity index (χ1n) is 13.5. The molecule has 1 fully saturated rings. The second-order valence-electron chi connectivity index (χ2n) is 10.1. The molecule has 1 aromatic carbocycles. The van der Waals surface area contributed by atoms with Gasteiger partial charge in [-0.25, -0.2) is 4.98 Å². The van der Waals surface area contributed by atoms with Crippen LogP contribution >= 0.6 is 0 Å². The summed E-state index contributed by atoms with van der Waals surface area (Å²) >= 11 is 0. The van der Waals surface area contributed by atoms with Gasteiger partial charge in [0.25, 0.3) is 11.8 Å². The Labute approximate surface area is 238 Å². The normalized spacial score (nSPS) is 18.7. The quantitative estimate of drug-likeness (QED) is 0.190. The van der Waals surface area contributed by atoms with Crippen molar-refractivity contribution >= 4 is 29.9 Å². The van der Waals surface area contributed by atoms with Crippen LogP contribution in [0.15, 0.2) is 48.9 Å².